The number of piperazine rings is 1. The first kappa shape index (κ1) is 33.4. The molecule has 2 aliphatic rings. The maximum absolute atomic E-state index is 13.1. The number of aliphatic hydroxyl groups excluding tert-OH is 1. The van der Waals surface area contributed by atoms with Crippen molar-refractivity contribution >= 4 is 46.1 Å². The zero-order valence-corrected chi connectivity index (χ0v) is 26.2. The number of nitrogens with one attached hydrogen (secondary N) is 1. The quantitative estimate of drug-likeness (QED) is 0.189. The Morgan fingerprint density at radius 1 is 1.13 bits per heavy atom. The van der Waals surface area contributed by atoms with Crippen LogP contribution >= 0.6 is 11.8 Å². The van der Waals surface area contributed by atoms with E-state index in [2.05, 4.69) is 15.0 Å². The maximum Gasteiger partial charge on any atom is 0.351 e. The molecule has 4 aromatic rings. The van der Waals surface area contributed by atoms with Crippen molar-refractivity contribution in [1.29, 1.82) is 0 Å². The molecule has 6 rings (SSSR count). The summed E-state index contributed by atoms with van der Waals surface area (Å²) in [4.78, 5) is 63.5. The fourth-order valence-electron chi connectivity index (χ4n) is 5.07. The van der Waals surface area contributed by atoms with Crippen LogP contribution in [0.4, 0.5) is 10.2 Å². The third-order valence-corrected chi connectivity index (χ3v) is 8.60. The first-order valence-corrected chi connectivity index (χ1v) is 15.4. The summed E-state index contributed by atoms with van der Waals surface area (Å²) in [6.45, 7) is 1.14. The van der Waals surface area contributed by atoms with Gasteiger partial charge in [-0.05, 0) is 12.1 Å². The molecule has 0 unspecified atom stereocenters. The van der Waals surface area contributed by atoms with E-state index in [1.807, 2.05) is 18.2 Å². The van der Waals surface area contributed by atoms with Crippen molar-refractivity contribution in [3.05, 3.63) is 76.4 Å². The van der Waals surface area contributed by atoms with Crippen LogP contribution in [-0.2, 0) is 9.53 Å². The molecule has 2 saturated heterocycles. The second kappa shape index (κ2) is 14.6. The average molecular weight is 670 g/mol. The second-order valence-electron chi connectivity index (χ2n) is 10.3. The van der Waals surface area contributed by atoms with Crippen LogP contribution in [0.25, 0.3) is 10.9 Å². The second-order valence-corrected chi connectivity index (χ2v) is 11.5. The standard InChI is InChI=1S/C22H22N4O5.C8H10FN3O3S/c1-30-16-13-24-20(31-2)18-17(16)15(12-23-18)19(27)22(29)26-10-8-25(9-11-26)21(28)14-6-4-3-5-7-14;9-4-1-12(8(14)11-7(4)10)5-3-16-6(2-13)15-5/h3-7,12-13,23H,8-11H2,1-2H3;1,5-6,13H,2-3H2,(H2,10,11,14)/t;5-,6+/m.0/s1. The van der Waals surface area contributed by atoms with E-state index in [1.165, 1.54) is 43.3 Å². The van der Waals surface area contributed by atoms with Gasteiger partial charge in [0.05, 0.1) is 44.2 Å². The number of nitrogen functional groups attached to an aromatic ring is 1. The smallest absolute Gasteiger partial charge is 0.351 e. The first-order chi connectivity index (χ1) is 22.7. The highest BCUT2D eigenvalue weighted by Gasteiger charge is 2.31. The Balaban J connectivity index is 0.000000227. The Hall–Kier alpha value is -5.00. The molecule has 2 atom stereocenters. The summed E-state index contributed by atoms with van der Waals surface area (Å²) in [5, 5.41) is 9.31. The number of methoxy groups -OCH3 is 2. The van der Waals surface area contributed by atoms with Gasteiger partial charge in [-0.2, -0.15) is 4.98 Å². The average Bonchev–Trinajstić information content (AvgIpc) is 3.77. The molecule has 0 bridgehead atoms. The number of carbonyl (C=O) groups is 3. The number of rotatable bonds is 7. The number of aliphatic hydroxyl groups is 1. The molecule has 4 N–H and O–H groups in total. The molecule has 0 aliphatic carbocycles. The fraction of sp³-hybridized carbons (Fsp3) is 0.333. The summed E-state index contributed by atoms with van der Waals surface area (Å²) in [6, 6.07) is 9.00. The number of ketones is 1. The number of anilines is 1. The van der Waals surface area contributed by atoms with Crippen molar-refractivity contribution in [3.63, 3.8) is 0 Å². The lowest BCUT2D eigenvalue weighted by molar-refractivity contribution is -0.127. The normalized spacial score (nSPS) is 17.6. The molecule has 15 nitrogen and oxygen atoms in total. The number of ether oxygens (including phenoxy) is 3. The summed E-state index contributed by atoms with van der Waals surface area (Å²) in [5.41, 5.74) is 5.38. The number of amides is 2. The van der Waals surface area contributed by atoms with E-state index in [0.29, 0.717) is 46.9 Å². The number of fused-ring (bicyclic) bond motifs is 1. The number of nitrogens with zero attached hydrogens (tertiary/aromatic N) is 5. The molecular formula is C30H32FN7O8S. The van der Waals surface area contributed by atoms with Crippen LogP contribution in [0.5, 0.6) is 11.6 Å². The predicted octanol–water partition coefficient (Wildman–Crippen LogP) is 1.29. The molecule has 2 fully saturated rings. The molecule has 248 valence electrons. The minimum Gasteiger partial charge on any atom is -0.494 e. The van der Waals surface area contributed by atoms with E-state index in [9.17, 15) is 23.6 Å². The van der Waals surface area contributed by atoms with Gasteiger partial charge < -0.3 is 39.8 Å². The van der Waals surface area contributed by atoms with Gasteiger partial charge in [-0.15, -0.1) is 11.8 Å². The third kappa shape index (κ3) is 7.06. The number of aromatic nitrogens is 4. The molecule has 0 spiro atoms. The van der Waals surface area contributed by atoms with Crippen LogP contribution < -0.4 is 20.9 Å². The van der Waals surface area contributed by atoms with Gasteiger partial charge in [-0.3, -0.25) is 19.0 Å². The van der Waals surface area contributed by atoms with Gasteiger partial charge in [0.2, 0.25) is 5.88 Å². The Morgan fingerprint density at radius 3 is 2.47 bits per heavy atom. The fourth-order valence-corrected chi connectivity index (χ4v) is 6.00. The molecule has 0 saturated carbocycles. The number of thioether (sulfide) groups is 1. The van der Waals surface area contributed by atoms with Crippen molar-refractivity contribution < 1.29 is 38.1 Å². The number of aromatic amines is 1. The number of pyridine rings is 1. The van der Waals surface area contributed by atoms with E-state index in [0.717, 1.165) is 10.8 Å². The van der Waals surface area contributed by atoms with Crippen LogP contribution in [0.15, 0.2) is 53.7 Å². The van der Waals surface area contributed by atoms with Gasteiger partial charge in [0, 0.05) is 43.7 Å². The summed E-state index contributed by atoms with van der Waals surface area (Å²) < 4.78 is 30.0. The molecule has 2 amide bonds. The summed E-state index contributed by atoms with van der Waals surface area (Å²) in [5.74, 6) is -1.42. The van der Waals surface area contributed by atoms with Gasteiger partial charge >= 0.3 is 5.69 Å². The summed E-state index contributed by atoms with van der Waals surface area (Å²) in [6.07, 6.45) is 3.27. The van der Waals surface area contributed by atoms with E-state index in [1.54, 1.807) is 17.0 Å². The molecule has 1 aromatic carbocycles. The number of benzene rings is 1. The van der Waals surface area contributed by atoms with Crippen molar-refractivity contribution in [2.45, 2.75) is 11.7 Å². The Morgan fingerprint density at radius 2 is 1.83 bits per heavy atom. The van der Waals surface area contributed by atoms with Gasteiger partial charge in [-0.1, -0.05) is 18.2 Å². The molecule has 0 radical (unpaired) electrons. The lowest BCUT2D eigenvalue weighted by Crippen LogP contribution is -2.52. The number of hydrogen-bond donors (Lipinski definition) is 3. The number of hydrogen-bond acceptors (Lipinski definition) is 12. The minimum atomic E-state index is -0.763. The van der Waals surface area contributed by atoms with Crippen molar-refractivity contribution in [2.75, 3.05) is 58.5 Å². The van der Waals surface area contributed by atoms with Crippen LogP contribution in [0.3, 0.4) is 0 Å². The van der Waals surface area contributed by atoms with Gasteiger partial charge in [0.15, 0.2) is 11.6 Å². The van der Waals surface area contributed by atoms with Gasteiger partial charge in [0.1, 0.15) is 22.9 Å². The molecule has 17 heteroatoms. The third-order valence-electron chi connectivity index (χ3n) is 7.49. The Labute approximate surface area is 271 Å². The number of halogens is 1. The zero-order chi connectivity index (χ0) is 33.7. The number of carbonyl (C=O) groups excluding carboxylic acids is 3. The minimum absolute atomic E-state index is 0.0833. The number of H-pyrrole nitrogens is 1. The van der Waals surface area contributed by atoms with Crippen molar-refractivity contribution in [1.82, 2.24) is 29.3 Å². The van der Waals surface area contributed by atoms with E-state index < -0.39 is 40.7 Å². The van der Waals surface area contributed by atoms with Gasteiger partial charge in [-0.25, -0.2) is 14.2 Å². The predicted molar refractivity (Wildman–Crippen MR) is 169 cm³/mol. The first-order valence-electron chi connectivity index (χ1n) is 14.3. The van der Waals surface area contributed by atoms with Gasteiger partial charge in [0.25, 0.3) is 17.6 Å². The van der Waals surface area contributed by atoms with Crippen LogP contribution in [0, 0.1) is 5.82 Å². The SMILES string of the molecule is COc1ncc(OC)c2c(C(=O)C(=O)N3CCN(C(=O)c4ccccc4)CC3)c[nH]c12.Nc1nc(=O)n([C@@H]2CS[C@H](CO)O2)cc1F. The highest BCUT2D eigenvalue weighted by molar-refractivity contribution is 8.00. The lowest BCUT2D eigenvalue weighted by Gasteiger charge is -2.34. The van der Waals surface area contributed by atoms with E-state index >= 15 is 0 Å². The summed E-state index contributed by atoms with van der Waals surface area (Å²) >= 11 is 1.35. The Bertz CT molecular complexity index is 1830. The molecule has 5 heterocycles. The van der Waals surface area contributed by atoms with E-state index in [4.69, 9.17) is 25.1 Å². The van der Waals surface area contributed by atoms with Crippen LogP contribution in [-0.4, -0.2) is 110 Å². The zero-order valence-electron chi connectivity index (χ0n) is 25.4. The highest BCUT2D eigenvalue weighted by atomic mass is 32.2. The Kier molecular flexibility index (Phi) is 10.4. The molecule has 47 heavy (non-hydrogen) atoms. The monoisotopic (exact) mass is 669 g/mol. The summed E-state index contributed by atoms with van der Waals surface area (Å²) in [7, 11) is 2.94. The van der Waals surface area contributed by atoms with Crippen LogP contribution in [0.2, 0.25) is 0 Å². The van der Waals surface area contributed by atoms with Crippen molar-refractivity contribution in [3.8, 4) is 11.6 Å². The van der Waals surface area contributed by atoms with Crippen molar-refractivity contribution in [2.24, 2.45) is 0 Å². The number of nitrogens with two attached hydrogens (primary N) is 1. The lowest BCUT2D eigenvalue weighted by atomic mass is 10.1. The number of Topliss-reactive ketones (excluding diaryl/α,β-unsaturated/α-hetero) is 1. The molecule has 2 aliphatic heterocycles. The maximum atomic E-state index is 13.1. The van der Waals surface area contributed by atoms with Crippen LogP contribution in [0.1, 0.15) is 26.9 Å². The topological polar surface area (TPSA) is 195 Å². The molecule has 3 aromatic heterocycles. The molecular weight excluding hydrogens is 637 g/mol. The largest absolute Gasteiger partial charge is 0.494 e. The van der Waals surface area contributed by atoms with E-state index in [-0.39, 0.29) is 31.2 Å². The highest BCUT2D eigenvalue weighted by Crippen LogP contribution is 2.34.